The Morgan fingerprint density at radius 2 is 2.05 bits per heavy atom. The van der Waals surface area contributed by atoms with Crippen molar-refractivity contribution in [1.29, 1.82) is 0 Å². The Bertz CT molecular complexity index is 509. The Morgan fingerprint density at radius 3 is 2.57 bits per heavy atom. The molecule has 1 heterocycles. The first-order valence-electron chi connectivity index (χ1n) is 6.74. The number of methoxy groups -OCH3 is 1. The van der Waals surface area contributed by atoms with E-state index in [-0.39, 0.29) is 25.0 Å². The molecule has 7 heteroatoms. The molecule has 0 fully saturated rings. The van der Waals surface area contributed by atoms with Gasteiger partial charge in [0.15, 0.2) is 0 Å². The second-order valence-electron chi connectivity index (χ2n) is 4.55. The monoisotopic (exact) mass is 314 g/mol. The molecule has 1 aromatic heterocycles. The van der Waals surface area contributed by atoms with Gasteiger partial charge in [0, 0.05) is 18.5 Å². The fourth-order valence-corrected chi connectivity index (χ4v) is 2.88. The van der Waals surface area contributed by atoms with Crippen LogP contribution in [-0.2, 0) is 14.3 Å². The minimum absolute atomic E-state index is 0.144. The highest BCUT2D eigenvalue weighted by Gasteiger charge is 2.22. The highest BCUT2D eigenvalue weighted by molar-refractivity contribution is 7.16. The summed E-state index contributed by atoms with van der Waals surface area (Å²) < 4.78 is 10.1. The molecule has 0 aliphatic carbocycles. The summed E-state index contributed by atoms with van der Waals surface area (Å²) in [7, 11) is 1.51. The lowest BCUT2D eigenvalue weighted by Gasteiger charge is -2.12. The maximum absolute atomic E-state index is 12.0. The van der Waals surface area contributed by atoms with E-state index in [4.69, 9.17) is 15.2 Å². The number of carbonyl (C=O) groups excluding carboxylic acids is 2. The van der Waals surface area contributed by atoms with Gasteiger partial charge in [0.1, 0.15) is 5.00 Å². The Kier molecular flexibility index (Phi) is 6.80. The minimum Gasteiger partial charge on any atom is -0.462 e. The van der Waals surface area contributed by atoms with Crippen molar-refractivity contribution in [3.05, 3.63) is 16.0 Å². The molecule has 118 valence electrons. The smallest absolute Gasteiger partial charge is 0.341 e. The maximum Gasteiger partial charge on any atom is 0.341 e. The molecule has 0 saturated carbocycles. The van der Waals surface area contributed by atoms with E-state index in [9.17, 15) is 9.59 Å². The van der Waals surface area contributed by atoms with Crippen LogP contribution in [0.2, 0.25) is 0 Å². The van der Waals surface area contributed by atoms with Crippen molar-refractivity contribution in [3.63, 3.8) is 0 Å². The first-order valence-corrected chi connectivity index (χ1v) is 7.56. The zero-order chi connectivity index (χ0) is 16.0. The molecule has 0 spiro atoms. The van der Waals surface area contributed by atoms with E-state index >= 15 is 0 Å². The van der Waals surface area contributed by atoms with Crippen LogP contribution >= 0.6 is 11.3 Å². The van der Waals surface area contributed by atoms with E-state index in [1.165, 1.54) is 18.4 Å². The van der Waals surface area contributed by atoms with Gasteiger partial charge in [-0.05, 0) is 26.3 Å². The van der Waals surface area contributed by atoms with Crippen LogP contribution in [0.3, 0.4) is 0 Å². The number of nitrogens with two attached hydrogens (primary N) is 1. The van der Waals surface area contributed by atoms with Gasteiger partial charge < -0.3 is 20.5 Å². The van der Waals surface area contributed by atoms with Crippen LogP contribution in [0.5, 0.6) is 0 Å². The van der Waals surface area contributed by atoms with Gasteiger partial charge in [-0.2, -0.15) is 0 Å². The van der Waals surface area contributed by atoms with E-state index in [1.807, 2.05) is 13.8 Å². The molecule has 0 saturated heterocycles. The van der Waals surface area contributed by atoms with Crippen LogP contribution in [0.1, 0.15) is 34.1 Å². The van der Waals surface area contributed by atoms with Crippen molar-refractivity contribution in [2.45, 2.75) is 33.3 Å². The van der Waals surface area contributed by atoms with E-state index in [1.54, 1.807) is 6.92 Å². The number of hydrogen-bond acceptors (Lipinski definition) is 6. The minimum atomic E-state index is -0.420. The largest absolute Gasteiger partial charge is 0.462 e. The number of rotatable bonds is 7. The van der Waals surface area contributed by atoms with Gasteiger partial charge in [-0.15, -0.1) is 11.3 Å². The van der Waals surface area contributed by atoms with E-state index in [2.05, 4.69) is 5.32 Å². The molecule has 1 unspecified atom stereocenters. The lowest BCUT2D eigenvalue weighted by molar-refractivity contribution is -0.118. The predicted molar refractivity (Wildman–Crippen MR) is 82.8 cm³/mol. The number of carbonyl (C=O) groups is 2. The van der Waals surface area contributed by atoms with Crippen molar-refractivity contribution in [3.8, 4) is 0 Å². The topological polar surface area (TPSA) is 90.7 Å². The van der Waals surface area contributed by atoms with Gasteiger partial charge in [0.2, 0.25) is 5.91 Å². The fraction of sp³-hybridized carbons (Fsp3) is 0.571. The average Bonchev–Trinajstić information content (AvgIpc) is 2.71. The van der Waals surface area contributed by atoms with E-state index < -0.39 is 5.97 Å². The van der Waals surface area contributed by atoms with Gasteiger partial charge in [0.05, 0.1) is 24.7 Å². The lowest BCUT2D eigenvalue weighted by atomic mass is 10.1. The molecule has 0 radical (unpaired) electrons. The van der Waals surface area contributed by atoms with Gasteiger partial charge in [-0.1, -0.05) is 0 Å². The third kappa shape index (κ3) is 4.52. The van der Waals surface area contributed by atoms with E-state index in [0.29, 0.717) is 17.2 Å². The van der Waals surface area contributed by atoms with Gasteiger partial charge in [-0.25, -0.2) is 4.79 Å². The Hall–Kier alpha value is -1.44. The number of nitrogens with one attached hydrogen (secondary N) is 1. The van der Waals surface area contributed by atoms with Crippen LogP contribution in [0.4, 0.5) is 5.00 Å². The molecule has 0 aliphatic heterocycles. The molecule has 0 bridgehead atoms. The second-order valence-corrected chi connectivity index (χ2v) is 5.78. The van der Waals surface area contributed by atoms with Gasteiger partial charge >= 0.3 is 5.97 Å². The third-order valence-electron chi connectivity index (χ3n) is 3.13. The van der Waals surface area contributed by atoms with Crippen molar-refractivity contribution in [1.82, 2.24) is 0 Å². The zero-order valence-corrected chi connectivity index (χ0v) is 13.6. The zero-order valence-electron chi connectivity index (χ0n) is 12.8. The molecule has 1 atom stereocenters. The Morgan fingerprint density at radius 1 is 1.38 bits per heavy atom. The van der Waals surface area contributed by atoms with Crippen molar-refractivity contribution >= 4 is 28.2 Å². The molecule has 0 aromatic carbocycles. The summed E-state index contributed by atoms with van der Waals surface area (Å²) in [5.41, 5.74) is 6.75. The van der Waals surface area contributed by atoms with Crippen LogP contribution in [0.25, 0.3) is 0 Å². The number of anilines is 1. The molecule has 1 aromatic rings. The summed E-state index contributed by atoms with van der Waals surface area (Å²) in [6, 6.07) is 0. The van der Waals surface area contributed by atoms with Gasteiger partial charge in [-0.3, -0.25) is 4.79 Å². The average molecular weight is 314 g/mol. The van der Waals surface area contributed by atoms with Gasteiger partial charge in [0.25, 0.3) is 0 Å². The summed E-state index contributed by atoms with van der Waals surface area (Å²) >= 11 is 1.36. The first kappa shape index (κ1) is 17.6. The van der Waals surface area contributed by atoms with Crippen LogP contribution in [0.15, 0.2) is 0 Å². The third-order valence-corrected chi connectivity index (χ3v) is 4.25. The predicted octanol–water partition coefficient (Wildman–Crippen LogP) is 1.84. The van der Waals surface area contributed by atoms with Crippen molar-refractivity contribution < 1.29 is 19.1 Å². The molecular formula is C14H22N2O4S. The van der Waals surface area contributed by atoms with Crippen molar-refractivity contribution in [2.24, 2.45) is 5.73 Å². The molecule has 21 heavy (non-hydrogen) atoms. The Labute approximate surface area is 128 Å². The highest BCUT2D eigenvalue weighted by atomic mass is 32.1. The van der Waals surface area contributed by atoms with Crippen LogP contribution in [0, 0.1) is 13.8 Å². The van der Waals surface area contributed by atoms with E-state index in [0.717, 1.165) is 10.4 Å². The standard InChI is InChI=1S/C14H22N2O4S/c1-5-20-14(18)12-8(2)9(3)21-13(12)16-11(17)6-10(7-15)19-4/h10H,5-7,15H2,1-4H3,(H,16,17). The number of amides is 1. The normalized spacial score (nSPS) is 12.0. The SMILES string of the molecule is CCOC(=O)c1c(NC(=O)CC(CN)OC)sc(C)c1C. The molecule has 1 amide bonds. The molecular weight excluding hydrogens is 292 g/mol. The van der Waals surface area contributed by atoms with Crippen LogP contribution in [-0.4, -0.2) is 38.2 Å². The number of esters is 1. The Balaban J connectivity index is 2.90. The quantitative estimate of drug-likeness (QED) is 0.749. The summed E-state index contributed by atoms with van der Waals surface area (Å²) in [5, 5.41) is 3.27. The maximum atomic E-state index is 12.0. The second kappa shape index (κ2) is 8.11. The van der Waals surface area contributed by atoms with Crippen LogP contribution < -0.4 is 11.1 Å². The molecule has 6 nitrogen and oxygen atoms in total. The first-order chi connectivity index (χ1) is 9.94. The molecule has 1 rings (SSSR count). The number of aryl methyl sites for hydroxylation is 1. The summed E-state index contributed by atoms with van der Waals surface area (Å²) in [4.78, 5) is 25.0. The summed E-state index contributed by atoms with van der Waals surface area (Å²) in [6.45, 7) is 6.04. The molecule has 3 N–H and O–H groups in total. The summed E-state index contributed by atoms with van der Waals surface area (Å²) in [6.07, 6.45) is -0.191. The number of ether oxygens (including phenoxy) is 2. The molecule has 0 aliphatic rings. The highest BCUT2D eigenvalue weighted by Crippen LogP contribution is 2.33. The number of thiophene rings is 1. The van der Waals surface area contributed by atoms with Crippen molar-refractivity contribution in [2.75, 3.05) is 25.6 Å². The number of hydrogen-bond donors (Lipinski definition) is 2. The lowest BCUT2D eigenvalue weighted by Crippen LogP contribution is -2.28. The fourth-order valence-electron chi connectivity index (χ4n) is 1.81. The summed E-state index contributed by atoms with van der Waals surface area (Å²) in [5.74, 6) is -0.657.